The molecule has 1 heterocycles. The lowest BCUT2D eigenvalue weighted by Gasteiger charge is -2.14. The van der Waals surface area contributed by atoms with Gasteiger partial charge in [0.2, 0.25) is 16.0 Å². The Labute approximate surface area is 167 Å². The highest BCUT2D eigenvalue weighted by Gasteiger charge is 2.11. The summed E-state index contributed by atoms with van der Waals surface area (Å²) >= 11 is 6.18. The molecule has 0 unspecified atom stereocenters. The van der Waals surface area contributed by atoms with Crippen LogP contribution in [0.3, 0.4) is 0 Å². The lowest BCUT2D eigenvalue weighted by Crippen LogP contribution is -2.11. The Hall–Kier alpha value is -3.35. The zero-order valence-electron chi connectivity index (χ0n) is 14.6. The number of para-hydroxylation sites is 2. The minimum Gasteiger partial charge on any atom is -0.337 e. The van der Waals surface area contributed by atoms with E-state index in [9.17, 15) is 8.42 Å². The normalized spacial score (nSPS) is 10.8. The van der Waals surface area contributed by atoms with Crippen LogP contribution in [0.5, 0.6) is 0 Å². The summed E-state index contributed by atoms with van der Waals surface area (Å²) in [5.41, 5.74) is 2.09. The van der Waals surface area contributed by atoms with Crippen molar-refractivity contribution in [2.24, 2.45) is 0 Å². The van der Waals surface area contributed by atoms with Crippen LogP contribution in [0.2, 0.25) is 5.02 Å². The van der Waals surface area contributed by atoms with E-state index >= 15 is 0 Å². The monoisotopic (exact) mass is 414 g/mol. The molecule has 8 nitrogen and oxygen atoms in total. The van der Waals surface area contributed by atoms with Gasteiger partial charge in [0, 0.05) is 5.69 Å². The van der Waals surface area contributed by atoms with Crippen LogP contribution in [0.25, 0.3) is 0 Å². The summed E-state index contributed by atoms with van der Waals surface area (Å²) in [6.07, 6.45) is 2.50. The summed E-state index contributed by atoms with van der Waals surface area (Å²) < 4.78 is 25.5. The van der Waals surface area contributed by atoms with Crippen molar-refractivity contribution >= 4 is 50.5 Å². The molecule has 0 aliphatic carbocycles. The molecule has 2 aromatic carbocycles. The first kappa shape index (κ1) is 19.4. The van der Waals surface area contributed by atoms with Crippen molar-refractivity contribution in [3.8, 4) is 6.07 Å². The molecule has 3 rings (SSSR count). The fourth-order valence-electron chi connectivity index (χ4n) is 2.28. The Morgan fingerprint density at radius 3 is 2.36 bits per heavy atom. The van der Waals surface area contributed by atoms with E-state index in [1.165, 1.54) is 6.20 Å². The molecular weight excluding hydrogens is 400 g/mol. The molecule has 0 aliphatic rings. The third-order valence-electron chi connectivity index (χ3n) is 3.49. The van der Waals surface area contributed by atoms with Gasteiger partial charge < -0.3 is 10.6 Å². The predicted octanol–water partition coefficient (Wildman–Crippen LogP) is 3.86. The molecule has 28 heavy (non-hydrogen) atoms. The van der Waals surface area contributed by atoms with Gasteiger partial charge in [0.1, 0.15) is 5.02 Å². The first-order valence-corrected chi connectivity index (χ1v) is 10.2. The molecule has 0 bridgehead atoms. The summed E-state index contributed by atoms with van der Waals surface area (Å²) in [4.78, 5) is 8.47. The number of nitriles is 1. The minimum atomic E-state index is -3.45. The smallest absolute Gasteiger partial charge is 0.229 e. The first-order chi connectivity index (χ1) is 13.3. The number of hydrogen-bond donors (Lipinski definition) is 3. The molecular formula is C18H15ClN6O2S. The van der Waals surface area contributed by atoms with Crippen LogP contribution in [0, 0.1) is 11.3 Å². The maximum absolute atomic E-state index is 11.6. The molecule has 0 saturated carbocycles. The van der Waals surface area contributed by atoms with E-state index in [4.69, 9.17) is 16.9 Å². The van der Waals surface area contributed by atoms with Gasteiger partial charge in [-0.1, -0.05) is 23.7 Å². The van der Waals surface area contributed by atoms with E-state index in [1.54, 1.807) is 48.5 Å². The summed E-state index contributed by atoms with van der Waals surface area (Å²) in [6, 6.07) is 15.6. The number of sulfonamides is 1. The van der Waals surface area contributed by atoms with Crippen LogP contribution in [-0.2, 0) is 10.0 Å². The highest BCUT2D eigenvalue weighted by Crippen LogP contribution is 2.29. The van der Waals surface area contributed by atoms with Crippen molar-refractivity contribution in [1.82, 2.24) is 9.97 Å². The van der Waals surface area contributed by atoms with Gasteiger partial charge in [0.05, 0.1) is 35.5 Å². The standard InChI is InChI=1S/C18H15ClN6O2S/c1-28(26,27)25-16-5-3-2-4-15(16)23-17-14(19)11-21-18(24-17)22-13-8-6-12(10-20)7-9-13/h2-9,11,25H,1H3,(H2,21,22,23,24). The zero-order valence-corrected chi connectivity index (χ0v) is 16.2. The summed E-state index contributed by atoms with van der Waals surface area (Å²) in [5, 5.41) is 15.2. The number of halogens is 1. The van der Waals surface area contributed by atoms with Gasteiger partial charge in [0.15, 0.2) is 5.82 Å². The summed E-state index contributed by atoms with van der Waals surface area (Å²) in [6.45, 7) is 0. The maximum Gasteiger partial charge on any atom is 0.229 e. The highest BCUT2D eigenvalue weighted by atomic mass is 35.5. The van der Waals surface area contributed by atoms with Crippen LogP contribution in [0.4, 0.5) is 28.8 Å². The SMILES string of the molecule is CS(=O)(=O)Nc1ccccc1Nc1nc(Nc2ccc(C#N)cc2)ncc1Cl. The van der Waals surface area contributed by atoms with Gasteiger partial charge in [-0.15, -0.1) is 0 Å². The third-order valence-corrected chi connectivity index (χ3v) is 4.36. The Morgan fingerprint density at radius 2 is 1.71 bits per heavy atom. The van der Waals surface area contributed by atoms with Crippen LogP contribution in [0.15, 0.2) is 54.7 Å². The average Bonchev–Trinajstić information content (AvgIpc) is 2.65. The van der Waals surface area contributed by atoms with E-state index in [-0.39, 0.29) is 11.0 Å². The molecule has 0 spiro atoms. The average molecular weight is 415 g/mol. The van der Waals surface area contributed by atoms with Crippen molar-refractivity contribution in [2.75, 3.05) is 21.6 Å². The van der Waals surface area contributed by atoms with Gasteiger partial charge in [0.25, 0.3) is 0 Å². The number of anilines is 5. The maximum atomic E-state index is 11.6. The zero-order chi connectivity index (χ0) is 20.1. The van der Waals surface area contributed by atoms with Crippen LogP contribution >= 0.6 is 11.6 Å². The molecule has 0 amide bonds. The summed E-state index contributed by atoms with van der Waals surface area (Å²) in [5.74, 6) is 0.584. The second-order valence-electron chi connectivity index (χ2n) is 5.75. The van der Waals surface area contributed by atoms with Gasteiger partial charge in [-0.05, 0) is 36.4 Å². The van der Waals surface area contributed by atoms with E-state index in [2.05, 4.69) is 25.3 Å². The largest absolute Gasteiger partial charge is 0.337 e. The molecule has 0 atom stereocenters. The van der Waals surface area contributed by atoms with Crippen molar-refractivity contribution in [3.63, 3.8) is 0 Å². The number of rotatable bonds is 6. The fraction of sp³-hybridized carbons (Fsp3) is 0.0556. The third kappa shape index (κ3) is 5.09. The van der Waals surface area contributed by atoms with Crippen LogP contribution < -0.4 is 15.4 Å². The second kappa shape index (κ2) is 8.12. The Bertz CT molecular complexity index is 1140. The quantitative estimate of drug-likeness (QED) is 0.560. The van der Waals surface area contributed by atoms with Crippen molar-refractivity contribution < 1.29 is 8.42 Å². The minimum absolute atomic E-state index is 0.263. The van der Waals surface area contributed by atoms with Crippen LogP contribution in [-0.4, -0.2) is 24.6 Å². The number of benzene rings is 2. The molecule has 0 aliphatic heterocycles. The molecule has 3 aromatic rings. The highest BCUT2D eigenvalue weighted by molar-refractivity contribution is 7.92. The molecule has 10 heteroatoms. The second-order valence-corrected chi connectivity index (χ2v) is 7.90. The van der Waals surface area contributed by atoms with Gasteiger partial charge in [-0.25, -0.2) is 13.4 Å². The summed E-state index contributed by atoms with van der Waals surface area (Å²) in [7, 11) is -3.45. The molecule has 1 aromatic heterocycles. The van der Waals surface area contributed by atoms with Gasteiger partial charge >= 0.3 is 0 Å². The molecule has 0 fully saturated rings. The molecule has 142 valence electrons. The molecule has 0 saturated heterocycles. The Morgan fingerprint density at radius 1 is 1.04 bits per heavy atom. The lowest BCUT2D eigenvalue weighted by molar-refractivity contribution is 0.607. The molecule has 3 N–H and O–H groups in total. The van der Waals surface area contributed by atoms with Gasteiger partial charge in [-0.3, -0.25) is 4.72 Å². The van der Waals surface area contributed by atoms with Crippen molar-refractivity contribution in [3.05, 3.63) is 65.3 Å². The lowest BCUT2D eigenvalue weighted by atomic mass is 10.2. The van der Waals surface area contributed by atoms with Crippen molar-refractivity contribution in [2.45, 2.75) is 0 Å². The van der Waals surface area contributed by atoms with E-state index in [0.717, 1.165) is 6.26 Å². The Kier molecular flexibility index (Phi) is 5.63. The van der Waals surface area contributed by atoms with E-state index in [1.807, 2.05) is 6.07 Å². The molecule has 0 radical (unpaired) electrons. The number of aromatic nitrogens is 2. The van der Waals surface area contributed by atoms with E-state index in [0.29, 0.717) is 28.4 Å². The van der Waals surface area contributed by atoms with Crippen LogP contribution in [0.1, 0.15) is 5.56 Å². The van der Waals surface area contributed by atoms with E-state index < -0.39 is 10.0 Å². The Balaban J connectivity index is 1.85. The first-order valence-electron chi connectivity index (χ1n) is 7.97. The number of hydrogen-bond acceptors (Lipinski definition) is 7. The van der Waals surface area contributed by atoms with Crippen molar-refractivity contribution in [1.29, 1.82) is 5.26 Å². The van der Waals surface area contributed by atoms with Gasteiger partial charge in [-0.2, -0.15) is 10.2 Å². The number of nitrogens with one attached hydrogen (secondary N) is 3. The fourth-order valence-corrected chi connectivity index (χ4v) is 3.00. The number of nitrogens with zero attached hydrogens (tertiary/aromatic N) is 3. The topological polar surface area (TPSA) is 120 Å². The predicted molar refractivity (Wildman–Crippen MR) is 110 cm³/mol.